The third-order valence-electron chi connectivity index (χ3n) is 6.33. The molecule has 2 aromatic rings. The highest BCUT2D eigenvalue weighted by molar-refractivity contribution is 5.95. The zero-order valence-electron chi connectivity index (χ0n) is 18.6. The minimum atomic E-state index is -0.568. The van der Waals surface area contributed by atoms with E-state index < -0.39 is 11.7 Å². The zero-order valence-corrected chi connectivity index (χ0v) is 18.6. The fourth-order valence-electron chi connectivity index (χ4n) is 4.90. The molecule has 2 aliphatic rings. The molecule has 30 heavy (non-hydrogen) atoms. The Balaban J connectivity index is 1.50. The molecule has 0 amide bonds. The number of fused-ring (bicyclic) bond motifs is 1. The highest BCUT2D eigenvalue weighted by atomic mass is 16.6. The highest BCUT2D eigenvalue weighted by Gasteiger charge is 2.27. The summed E-state index contributed by atoms with van der Waals surface area (Å²) < 4.78 is 7.12. The van der Waals surface area contributed by atoms with Crippen LogP contribution in [0.5, 0.6) is 5.75 Å². The van der Waals surface area contributed by atoms with Gasteiger partial charge in [0.15, 0.2) is 0 Å². The minimum absolute atomic E-state index is 0.216. The summed E-state index contributed by atoms with van der Waals surface area (Å²) in [4.78, 5) is 17.9. The van der Waals surface area contributed by atoms with Gasteiger partial charge in [-0.1, -0.05) is 12.5 Å². The van der Waals surface area contributed by atoms with Crippen LogP contribution < -0.4 is 0 Å². The first kappa shape index (κ1) is 21.2. The molecule has 0 unspecified atom stereocenters. The van der Waals surface area contributed by atoms with E-state index in [-0.39, 0.29) is 5.75 Å². The van der Waals surface area contributed by atoms with Crippen molar-refractivity contribution in [3.8, 4) is 5.75 Å². The fraction of sp³-hybridized carbons (Fsp3) is 0.625. The lowest BCUT2D eigenvalue weighted by atomic mass is 9.99. The maximum absolute atomic E-state index is 12.7. The molecule has 6 heteroatoms. The average Bonchev–Trinajstić information content (AvgIpc) is 3.08. The third-order valence-corrected chi connectivity index (χ3v) is 6.33. The van der Waals surface area contributed by atoms with Crippen LogP contribution in [0.25, 0.3) is 10.9 Å². The van der Waals surface area contributed by atoms with Crippen LogP contribution in [0.4, 0.5) is 4.79 Å². The molecule has 0 saturated carbocycles. The maximum atomic E-state index is 12.7. The number of hydrogen-bond acceptors (Lipinski definition) is 5. The summed E-state index contributed by atoms with van der Waals surface area (Å²) in [5.74, 6) is 0.216. The number of aromatic hydroxyl groups is 1. The smallest absolute Gasteiger partial charge is 0.419 e. The molecule has 1 N–H and O–H groups in total. The van der Waals surface area contributed by atoms with E-state index in [1.165, 1.54) is 49.8 Å². The number of piperidine rings is 2. The second-order valence-corrected chi connectivity index (χ2v) is 9.78. The number of ether oxygens (including phenoxy) is 1. The predicted octanol–water partition coefficient (Wildman–Crippen LogP) is 4.58. The molecule has 0 radical (unpaired) electrons. The van der Waals surface area contributed by atoms with Gasteiger partial charge in [-0.05, 0) is 90.3 Å². The van der Waals surface area contributed by atoms with Crippen LogP contribution in [-0.4, -0.2) is 63.4 Å². The molecule has 1 aromatic heterocycles. The summed E-state index contributed by atoms with van der Waals surface area (Å²) >= 11 is 0. The average molecular weight is 414 g/mol. The van der Waals surface area contributed by atoms with Gasteiger partial charge in [0.2, 0.25) is 0 Å². The number of carbonyl (C=O) groups excluding carboxylic acids is 1. The molecule has 6 nitrogen and oxygen atoms in total. The molecule has 2 saturated heterocycles. The van der Waals surface area contributed by atoms with Gasteiger partial charge in [-0.3, -0.25) is 9.47 Å². The van der Waals surface area contributed by atoms with Gasteiger partial charge in [0.05, 0.1) is 5.52 Å². The second-order valence-electron chi connectivity index (χ2n) is 9.78. The number of aromatic nitrogens is 1. The van der Waals surface area contributed by atoms with E-state index in [2.05, 4.69) is 9.80 Å². The first-order valence-electron chi connectivity index (χ1n) is 11.3. The van der Waals surface area contributed by atoms with Gasteiger partial charge in [0.25, 0.3) is 0 Å². The van der Waals surface area contributed by atoms with E-state index in [9.17, 15) is 9.90 Å². The fourth-order valence-corrected chi connectivity index (χ4v) is 4.90. The Morgan fingerprint density at radius 2 is 1.80 bits per heavy atom. The number of phenols is 1. The van der Waals surface area contributed by atoms with Crippen LogP contribution in [0.15, 0.2) is 24.4 Å². The second kappa shape index (κ2) is 8.60. The van der Waals surface area contributed by atoms with Gasteiger partial charge in [0, 0.05) is 24.2 Å². The summed E-state index contributed by atoms with van der Waals surface area (Å²) in [6.45, 7) is 10.9. The van der Waals surface area contributed by atoms with Crippen molar-refractivity contribution >= 4 is 17.0 Å². The number of hydrogen-bond donors (Lipinski definition) is 1. The van der Waals surface area contributed by atoms with E-state index in [1.54, 1.807) is 12.1 Å². The zero-order chi connectivity index (χ0) is 21.3. The minimum Gasteiger partial charge on any atom is -0.507 e. The Hall–Kier alpha value is -2.05. The first-order valence-corrected chi connectivity index (χ1v) is 11.3. The van der Waals surface area contributed by atoms with E-state index >= 15 is 0 Å². The summed E-state index contributed by atoms with van der Waals surface area (Å²) in [5, 5.41) is 11.3. The number of phenolic OH excluding ortho intramolecular Hbond substituents is 1. The number of benzene rings is 1. The van der Waals surface area contributed by atoms with Gasteiger partial charge in [-0.25, -0.2) is 4.79 Å². The number of likely N-dealkylation sites (tertiary alicyclic amines) is 2. The molecular weight excluding hydrogens is 378 g/mol. The van der Waals surface area contributed by atoms with E-state index in [4.69, 9.17) is 4.74 Å². The van der Waals surface area contributed by atoms with Crippen LogP contribution >= 0.6 is 0 Å². The van der Waals surface area contributed by atoms with Gasteiger partial charge in [-0.2, -0.15) is 0 Å². The van der Waals surface area contributed by atoms with Crippen LogP contribution in [0.2, 0.25) is 0 Å². The Bertz CT molecular complexity index is 885. The van der Waals surface area contributed by atoms with Crippen LogP contribution in [0.1, 0.15) is 58.4 Å². The highest BCUT2D eigenvalue weighted by Crippen LogP contribution is 2.32. The first-order chi connectivity index (χ1) is 14.3. The molecule has 4 rings (SSSR count). The summed E-state index contributed by atoms with van der Waals surface area (Å²) in [6, 6.07) is 6.03. The van der Waals surface area contributed by atoms with Crippen molar-refractivity contribution in [2.45, 2.75) is 71.1 Å². The van der Waals surface area contributed by atoms with Crippen LogP contribution in [-0.2, 0) is 11.3 Å². The maximum Gasteiger partial charge on any atom is 0.419 e. The van der Waals surface area contributed by atoms with Gasteiger partial charge >= 0.3 is 6.09 Å². The summed E-state index contributed by atoms with van der Waals surface area (Å²) in [5.41, 5.74) is 1.11. The van der Waals surface area contributed by atoms with Crippen molar-refractivity contribution in [1.29, 1.82) is 0 Å². The van der Waals surface area contributed by atoms with Crippen molar-refractivity contribution in [3.05, 3.63) is 30.0 Å². The Morgan fingerprint density at radius 1 is 1.10 bits per heavy atom. The Morgan fingerprint density at radius 3 is 2.47 bits per heavy atom. The van der Waals surface area contributed by atoms with Gasteiger partial charge in [-0.15, -0.1) is 0 Å². The van der Waals surface area contributed by atoms with Crippen molar-refractivity contribution in [3.63, 3.8) is 0 Å². The molecule has 0 bridgehead atoms. The quantitative estimate of drug-likeness (QED) is 0.798. The summed E-state index contributed by atoms with van der Waals surface area (Å²) in [7, 11) is 0. The van der Waals surface area contributed by atoms with E-state index in [0.29, 0.717) is 11.6 Å². The van der Waals surface area contributed by atoms with Crippen LogP contribution in [0.3, 0.4) is 0 Å². The molecule has 2 aliphatic heterocycles. The normalized spacial score (nSPS) is 20.0. The number of rotatable bonds is 3. The van der Waals surface area contributed by atoms with Crippen LogP contribution in [0, 0.1) is 0 Å². The lowest BCUT2D eigenvalue weighted by Gasteiger charge is -2.40. The third kappa shape index (κ3) is 4.65. The standard InChI is InChI=1S/C24H35N3O3/c1-24(2,3)30-23(29)27-17-18(22-20(27)8-7-9-21(22)28)16-25-14-10-19(11-15-25)26-12-5-4-6-13-26/h7-9,17,19,28H,4-6,10-16H2,1-3H3. The molecular formula is C24H35N3O3. The number of nitrogens with zero attached hydrogens (tertiary/aromatic N) is 3. The van der Waals surface area contributed by atoms with Crippen molar-refractivity contribution in [2.24, 2.45) is 0 Å². The SMILES string of the molecule is CC(C)(C)OC(=O)n1cc(CN2CCC(N3CCCCC3)CC2)c2c(O)cccc21. The van der Waals surface area contributed by atoms with E-state index in [0.717, 1.165) is 30.6 Å². The number of carbonyl (C=O) groups is 1. The molecule has 164 valence electrons. The Labute approximate surface area is 179 Å². The molecule has 2 fully saturated rings. The predicted molar refractivity (Wildman–Crippen MR) is 119 cm³/mol. The Kier molecular flexibility index (Phi) is 6.07. The summed E-state index contributed by atoms with van der Waals surface area (Å²) in [6.07, 6.45) is 7.87. The van der Waals surface area contributed by atoms with E-state index in [1.807, 2.05) is 33.0 Å². The molecule has 1 aromatic carbocycles. The van der Waals surface area contributed by atoms with Crippen molar-refractivity contribution in [1.82, 2.24) is 14.4 Å². The monoisotopic (exact) mass is 413 g/mol. The lowest BCUT2D eigenvalue weighted by Crippen LogP contribution is -2.46. The molecule has 0 aliphatic carbocycles. The molecule has 3 heterocycles. The molecule has 0 spiro atoms. The van der Waals surface area contributed by atoms with Crippen molar-refractivity contribution in [2.75, 3.05) is 26.2 Å². The van der Waals surface area contributed by atoms with Gasteiger partial charge < -0.3 is 14.7 Å². The van der Waals surface area contributed by atoms with Gasteiger partial charge in [0.1, 0.15) is 11.4 Å². The lowest BCUT2D eigenvalue weighted by molar-refractivity contribution is 0.0544. The largest absolute Gasteiger partial charge is 0.507 e. The van der Waals surface area contributed by atoms with Crippen molar-refractivity contribution < 1.29 is 14.6 Å². The topological polar surface area (TPSA) is 57.9 Å². The molecule has 0 atom stereocenters.